The third kappa shape index (κ3) is 3.87. The molecule has 1 aliphatic heterocycles. The molecule has 4 rings (SSSR count). The highest BCUT2D eigenvalue weighted by Gasteiger charge is 2.48. The molecule has 1 saturated heterocycles. The molecule has 0 saturated carbocycles. The van der Waals surface area contributed by atoms with Gasteiger partial charge in [0.2, 0.25) is 0 Å². The zero-order valence-corrected chi connectivity index (χ0v) is 19.5. The highest BCUT2D eigenvalue weighted by molar-refractivity contribution is 6.51. The van der Waals surface area contributed by atoms with Crippen LogP contribution >= 0.6 is 11.6 Å². The number of aliphatic hydroxyl groups excluding tert-OH is 1. The summed E-state index contributed by atoms with van der Waals surface area (Å²) in [7, 11) is 1.50. The van der Waals surface area contributed by atoms with Gasteiger partial charge in [0.15, 0.2) is 0 Å². The Morgan fingerprint density at radius 1 is 1.06 bits per heavy atom. The van der Waals surface area contributed by atoms with E-state index in [2.05, 4.69) is 4.98 Å². The molecule has 0 bridgehead atoms. The molecule has 1 aliphatic rings. The molecule has 3 aromatic rings. The number of carbonyl (C=O) groups is 2. The van der Waals surface area contributed by atoms with Crippen LogP contribution in [0.5, 0.6) is 5.75 Å². The first kappa shape index (κ1) is 22.6. The molecular formula is C26H23ClN2O4. The van der Waals surface area contributed by atoms with Gasteiger partial charge in [-0.15, -0.1) is 0 Å². The maximum Gasteiger partial charge on any atom is 0.300 e. The molecule has 1 unspecified atom stereocenters. The van der Waals surface area contributed by atoms with Crippen molar-refractivity contribution in [2.75, 3.05) is 12.0 Å². The highest BCUT2D eigenvalue weighted by Crippen LogP contribution is 2.43. The van der Waals surface area contributed by atoms with Crippen molar-refractivity contribution in [1.82, 2.24) is 4.98 Å². The summed E-state index contributed by atoms with van der Waals surface area (Å²) in [5, 5.41) is 11.9. The Labute approximate surface area is 197 Å². The summed E-state index contributed by atoms with van der Waals surface area (Å²) >= 11 is 6.32. The smallest absolute Gasteiger partial charge is 0.300 e. The van der Waals surface area contributed by atoms with Crippen LogP contribution in [0.3, 0.4) is 0 Å². The van der Waals surface area contributed by atoms with Crippen LogP contribution in [0.25, 0.3) is 5.76 Å². The first-order valence-electron chi connectivity index (χ1n) is 10.4. The molecule has 0 aliphatic carbocycles. The highest BCUT2D eigenvalue weighted by atomic mass is 35.5. The lowest BCUT2D eigenvalue weighted by atomic mass is 9.95. The fourth-order valence-electron chi connectivity index (χ4n) is 4.19. The Kier molecular flexibility index (Phi) is 5.95. The number of ether oxygens (including phenoxy) is 1. The normalized spacial score (nSPS) is 17.5. The van der Waals surface area contributed by atoms with Gasteiger partial charge in [0.05, 0.1) is 23.9 Å². The number of pyridine rings is 1. The summed E-state index contributed by atoms with van der Waals surface area (Å²) in [6.07, 6.45) is 1.58. The number of ketones is 1. The summed E-state index contributed by atoms with van der Waals surface area (Å²) in [5.41, 5.74) is 3.69. The number of hydrogen-bond donors (Lipinski definition) is 1. The van der Waals surface area contributed by atoms with E-state index in [-0.39, 0.29) is 11.3 Å². The van der Waals surface area contributed by atoms with Crippen molar-refractivity contribution < 1.29 is 19.4 Å². The number of nitrogens with zero attached hydrogens (tertiary/aromatic N) is 2. The average molecular weight is 463 g/mol. The van der Waals surface area contributed by atoms with Gasteiger partial charge in [-0.05, 0) is 67.8 Å². The Morgan fingerprint density at radius 2 is 1.82 bits per heavy atom. The van der Waals surface area contributed by atoms with E-state index in [0.29, 0.717) is 27.7 Å². The second kappa shape index (κ2) is 8.71. The summed E-state index contributed by atoms with van der Waals surface area (Å²) in [6.45, 7) is 5.58. The van der Waals surface area contributed by atoms with Crippen LogP contribution in [0.2, 0.25) is 5.02 Å². The van der Waals surface area contributed by atoms with Gasteiger partial charge in [-0.2, -0.15) is 0 Å². The van der Waals surface area contributed by atoms with Crippen LogP contribution < -0.4 is 9.64 Å². The zero-order chi connectivity index (χ0) is 23.9. The Morgan fingerprint density at radius 3 is 2.45 bits per heavy atom. The standard InChI is InChI=1S/C26H23ClN2O4/c1-14-11-16(3)25(33-4)18(12-14)23(30)21-22(20-7-5-6-10-28-20)29(26(32)24(21)31)17-9-8-15(2)19(27)13-17/h5-13,22,30H,1-4H3/b23-21+. The monoisotopic (exact) mass is 462 g/mol. The molecule has 2 aromatic carbocycles. The van der Waals surface area contributed by atoms with E-state index in [9.17, 15) is 14.7 Å². The number of halogens is 1. The number of benzene rings is 2. The minimum atomic E-state index is -0.935. The molecule has 2 heterocycles. The van der Waals surface area contributed by atoms with E-state index in [4.69, 9.17) is 16.3 Å². The lowest BCUT2D eigenvalue weighted by molar-refractivity contribution is -0.132. The molecule has 7 heteroatoms. The van der Waals surface area contributed by atoms with E-state index < -0.39 is 17.7 Å². The van der Waals surface area contributed by atoms with Gasteiger partial charge in [-0.1, -0.05) is 29.8 Å². The summed E-state index contributed by atoms with van der Waals surface area (Å²) in [4.78, 5) is 32.3. The van der Waals surface area contributed by atoms with Gasteiger partial charge in [-0.3, -0.25) is 19.5 Å². The number of hydrogen-bond acceptors (Lipinski definition) is 5. The number of aryl methyl sites for hydroxylation is 3. The number of aromatic nitrogens is 1. The molecule has 33 heavy (non-hydrogen) atoms. The average Bonchev–Trinajstić information content (AvgIpc) is 3.06. The fraction of sp³-hybridized carbons (Fsp3) is 0.192. The number of carbonyl (C=O) groups excluding carboxylic acids is 2. The Bertz CT molecular complexity index is 1300. The number of rotatable bonds is 4. The van der Waals surface area contributed by atoms with Gasteiger partial charge in [0.25, 0.3) is 11.7 Å². The van der Waals surface area contributed by atoms with Gasteiger partial charge in [0.1, 0.15) is 17.6 Å². The minimum absolute atomic E-state index is 0.0568. The van der Waals surface area contributed by atoms with Gasteiger partial charge in [-0.25, -0.2) is 0 Å². The predicted octanol–water partition coefficient (Wildman–Crippen LogP) is 5.30. The van der Waals surface area contributed by atoms with E-state index in [1.54, 1.807) is 48.7 Å². The van der Waals surface area contributed by atoms with Crippen LogP contribution in [0.4, 0.5) is 5.69 Å². The molecule has 1 atom stereocenters. The van der Waals surface area contributed by atoms with E-state index in [1.165, 1.54) is 12.0 Å². The van der Waals surface area contributed by atoms with Gasteiger partial charge in [0, 0.05) is 16.9 Å². The number of amides is 1. The van der Waals surface area contributed by atoms with Crippen LogP contribution in [0.1, 0.15) is 34.0 Å². The second-order valence-corrected chi connectivity index (χ2v) is 8.43. The number of Topliss-reactive ketones (excluding diaryl/α,β-unsaturated/α-hetero) is 1. The van der Waals surface area contributed by atoms with Gasteiger partial charge >= 0.3 is 0 Å². The number of methoxy groups -OCH3 is 1. The van der Waals surface area contributed by atoms with Crippen LogP contribution in [-0.4, -0.2) is 28.9 Å². The Balaban J connectivity index is 2.00. The molecular weight excluding hydrogens is 440 g/mol. The van der Waals surface area contributed by atoms with E-state index in [1.807, 2.05) is 26.8 Å². The van der Waals surface area contributed by atoms with Crippen molar-refractivity contribution >= 4 is 34.7 Å². The maximum absolute atomic E-state index is 13.3. The molecule has 0 spiro atoms. The molecule has 1 fully saturated rings. The molecule has 0 radical (unpaired) electrons. The molecule has 6 nitrogen and oxygen atoms in total. The second-order valence-electron chi connectivity index (χ2n) is 8.02. The first-order chi connectivity index (χ1) is 15.7. The molecule has 1 N–H and O–H groups in total. The number of anilines is 1. The SMILES string of the molecule is COc1c(C)cc(C)cc1/C(O)=C1\C(=O)C(=O)N(c2ccc(C)c(Cl)c2)C1c1ccccn1. The van der Waals surface area contributed by atoms with E-state index in [0.717, 1.165) is 16.7 Å². The lowest BCUT2D eigenvalue weighted by Crippen LogP contribution is -2.29. The van der Waals surface area contributed by atoms with Crippen molar-refractivity contribution in [3.05, 3.63) is 93.3 Å². The summed E-state index contributed by atoms with van der Waals surface area (Å²) in [6, 6.07) is 13.1. The van der Waals surface area contributed by atoms with Gasteiger partial charge < -0.3 is 9.84 Å². The molecule has 1 aromatic heterocycles. The largest absolute Gasteiger partial charge is 0.507 e. The molecule has 1 amide bonds. The van der Waals surface area contributed by atoms with Crippen molar-refractivity contribution in [3.63, 3.8) is 0 Å². The number of aliphatic hydroxyl groups is 1. The third-order valence-corrected chi connectivity index (χ3v) is 6.13. The topological polar surface area (TPSA) is 79.7 Å². The third-order valence-electron chi connectivity index (χ3n) is 5.72. The van der Waals surface area contributed by atoms with Crippen molar-refractivity contribution in [1.29, 1.82) is 0 Å². The fourth-order valence-corrected chi connectivity index (χ4v) is 4.37. The Hall–Kier alpha value is -3.64. The quantitative estimate of drug-likeness (QED) is 0.323. The van der Waals surface area contributed by atoms with Crippen LogP contribution in [0, 0.1) is 20.8 Å². The van der Waals surface area contributed by atoms with Crippen LogP contribution in [-0.2, 0) is 9.59 Å². The lowest BCUT2D eigenvalue weighted by Gasteiger charge is -2.25. The minimum Gasteiger partial charge on any atom is -0.507 e. The van der Waals surface area contributed by atoms with Crippen molar-refractivity contribution in [2.45, 2.75) is 26.8 Å². The first-order valence-corrected chi connectivity index (χ1v) is 10.8. The van der Waals surface area contributed by atoms with Crippen LogP contribution in [0.15, 0.2) is 60.3 Å². The van der Waals surface area contributed by atoms with E-state index >= 15 is 0 Å². The summed E-state index contributed by atoms with van der Waals surface area (Å²) in [5.74, 6) is -1.45. The predicted molar refractivity (Wildman–Crippen MR) is 128 cm³/mol. The van der Waals surface area contributed by atoms with Crippen molar-refractivity contribution in [2.24, 2.45) is 0 Å². The maximum atomic E-state index is 13.3. The zero-order valence-electron chi connectivity index (χ0n) is 18.7. The van der Waals surface area contributed by atoms with Crippen molar-refractivity contribution in [3.8, 4) is 5.75 Å². The molecule has 168 valence electrons. The summed E-state index contributed by atoms with van der Waals surface area (Å²) < 4.78 is 5.52.